The zero-order valence-electron chi connectivity index (χ0n) is 9.39. The summed E-state index contributed by atoms with van der Waals surface area (Å²) in [6, 6.07) is 7.67. The second-order valence-electron chi connectivity index (χ2n) is 3.58. The number of nitriles is 1. The number of aliphatic carboxylic acids is 1. The van der Waals surface area contributed by atoms with Crippen molar-refractivity contribution in [1.29, 1.82) is 5.26 Å². The van der Waals surface area contributed by atoms with Gasteiger partial charge in [0.2, 0.25) is 5.91 Å². The molecule has 0 fully saturated rings. The molecular weight excluding hydrogens is 256 g/mol. The summed E-state index contributed by atoms with van der Waals surface area (Å²) >= 11 is 5.79. The first-order valence-electron chi connectivity index (χ1n) is 5.19. The molecule has 0 aliphatic rings. The van der Waals surface area contributed by atoms with Crippen LogP contribution in [0.15, 0.2) is 24.3 Å². The molecule has 2 N–H and O–H groups in total. The molecule has 1 aromatic carbocycles. The fourth-order valence-corrected chi connectivity index (χ4v) is 1.53. The molecule has 1 unspecified atom stereocenters. The highest BCUT2D eigenvalue weighted by atomic mass is 35.5. The van der Waals surface area contributed by atoms with Gasteiger partial charge in [-0.1, -0.05) is 23.7 Å². The maximum atomic E-state index is 11.4. The number of benzene rings is 1. The first-order chi connectivity index (χ1) is 8.52. The van der Waals surface area contributed by atoms with Crippen LogP contribution in [0, 0.1) is 11.3 Å². The molecule has 0 aromatic heterocycles. The fourth-order valence-electron chi connectivity index (χ4n) is 1.33. The molecule has 0 radical (unpaired) electrons. The van der Waals surface area contributed by atoms with Crippen LogP contribution >= 0.6 is 11.6 Å². The van der Waals surface area contributed by atoms with Crippen molar-refractivity contribution >= 4 is 23.5 Å². The number of carbonyl (C=O) groups is 2. The molecule has 0 bridgehead atoms. The summed E-state index contributed by atoms with van der Waals surface area (Å²) < 4.78 is 0. The summed E-state index contributed by atoms with van der Waals surface area (Å²) in [4.78, 5) is 21.7. The van der Waals surface area contributed by atoms with Gasteiger partial charge in [-0.05, 0) is 17.7 Å². The Morgan fingerprint density at radius 1 is 1.44 bits per heavy atom. The second kappa shape index (κ2) is 6.62. The smallest absolute Gasteiger partial charge is 0.303 e. The van der Waals surface area contributed by atoms with Crippen molar-refractivity contribution in [3.05, 3.63) is 34.9 Å². The molecular formula is C12H11ClN2O3. The van der Waals surface area contributed by atoms with E-state index in [1.165, 1.54) is 0 Å². The van der Waals surface area contributed by atoms with E-state index in [2.05, 4.69) is 5.32 Å². The van der Waals surface area contributed by atoms with Crippen molar-refractivity contribution in [3.63, 3.8) is 0 Å². The van der Waals surface area contributed by atoms with Crippen LogP contribution in [0.1, 0.15) is 24.4 Å². The molecule has 5 nitrogen and oxygen atoms in total. The van der Waals surface area contributed by atoms with Crippen LogP contribution in [-0.2, 0) is 9.59 Å². The molecule has 6 heteroatoms. The average Bonchev–Trinajstić information content (AvgIpc) is 2.33. The van der Waals surface area contributed by atoms with Gasteiger partial charge in [-0.15, -0.1) is 0 Å². The Hall–Kier alpha value is -2.06. The second-order valence-corrected chi connectivity index (χ2v) is 4.01. The molecule has 0 aliphatic carbocycles. The molecule has 1 amide bonds. The number of halogens is 1. The van der Waals surface area contributed by atoms with E-state index in [4.69, 9.17) is 22.0 Å². The number of hydrogen-bond donors (Lipinski definition) is 2. The van der Waals surface area contributed by atoms with E-state index in [-0.39, 0.29) is 12.8 Å². The Morgan fingerprint density at radius 2 is 2.17 bits per heavy atom. The first kappa shape index (κ1) is 14.0. The lowest BCUT2D eigenvalue weighted by Gasteiger charge is -2.11. The number of carboxylic acids is 1. The van der Waals surface area contributed by atoms with E-state index in [0.29, 0.717) is 10.6 Å². The summed E-state index contributed by atoms with van der Waals surface area (Å²) in [7, 11) is 0. The predicted molar refractivity (Wildman–Crippen MR) is 64.8 cm³/mol. The third kappa shape index (κ3) is 4.44. The highest BCUT2D eigenvalue weighted by Crippen LogP contribution is 2.17. The van der Waals surface area contributed by atoms with Gasteiger partial charge >= 0.3 is 5.97 Å². The molecule has 1 aromatic rings. The van der Waals surface area contributed by atoms with Crippen molar-refractivity contribution in [3.8, 4) is 6.07 Å². The summed E-state index contributed by atoms with van der Waals surface area (Å²) in [6.45, 7) is 0. The lowest BCUT2D eigenvalue weighted by atomic mass is 10.1. The van der Waals surface area contributed by atoms with Crippen LogP contribution < -0.4 is 5.32 Å². The van der Waals surface area contributed by atoms with E-state index >= 15 is 0 Å². The fraction of sp³-hybridized carbons (Fsp3) is 0.250. The molecule has 0 aliphatic heterocycles. The van der Waals surface area contributed by atoms with Crippen LogP contribution in [0.25, 0.3) is 0 Å². The summed E-state index contributed by atoms with van der Waals surface area (Å²) in [6.07, 6.45) is -0.423. The molecule has 0 saturated carbocycles. The van der Waals surface area contributed by atoms with E-state index in [0.717, 1.165) is 0 Å². The zero-order chi connectivity index (χ0) is 13.5. The topological polar surface area (TPSA) is 90.2 Å². The number of nitrogens with one attached hydrogen (secondary N) is 1. The van der Waals surface area contributed by atoms with Crippen LogP contribution in [-0.4, -0.2) is 17.0 Å². The average molecular weight is 267 g/mol. The Kier molecular flexibility index (Phi) is 5.15. The van der Waals surface area contributed by atoms with Crippen molar-refractivity contribution < 1.29 is 14.7 Å². The summed E-state index contributed by atoms with van der Waals surface area (Å²) in [5.41, 5.74) is 0.564. The maximum Gasteiger partial charge on any atom is 0.303 e. The van der Waals surface area contributed by atoms with Crippen LogP contribution in [0.5, 0.6) is 0 Å². The monoisotopic (exact) mass is 266 g/mol. The van der Waals surface area contributed by atoms with E-state index in [9.17, 15) is 9.59 Å². The van der Waals surface area contributed by atoms with Gasteiger partial charge in [0.15, 0.2) is 0 Å². The highest BCUT2D eigenvalue weighted by Gasteiger charge is 2.14. The largest absolute Gasteiger partial charge is 0.481 e. The van der Waals surface area contributed by atoms with Crippen molar-refractivity contribution in [2.75, 3.05) is 0 Å². The van der Waals surface area contributed by atoms with Crippen molar-refractivity contribution in [2.24, 2.45) is 0 Å². The standard InChI is InChI=1S/C12H11ClN2O3/c13-9-3-1-2-8(6-9)10(7-14)15-11(16)4-5-12(17)18/h1-3,6,10H,4-5H2,(H,15,16)(H,17,18). The third-order valence-electron chi connectivity index (χ3n) is 2.18. The van der Waals surface area contributed by atoms with Gasteiger partial charge in [0.1, 0.15) is 6.04 Å². The Bertz CT molecular complexity index is 496. The van der Waals surface area contributed by atoms with Gasteiger partial charge in [-0.3, -0.25) is 9.59 Å². The molecule has 0 heterocycles. The van der Waals surface area contributed by atoms with Gasteiger partial charge in [0.25, 0.3) is 0 Å². The van der Waals surface area contributed by atoms with Gasteiger partial charge < -0.3 is 10.4 Å². The van der Waals surface area contributed by atoms with Crippen molar-refractivity contribution in [2.45, 2.75) is 18.9 Å². The van der Waals surface area contributed by atoms with E-state index < -0.39 is 17.9 Å². The normalized spacial score (nSPS) is 11.3. The minimum atomic E-state index is -1.05. The number of amides is 1. The summed E-state index contributed by atoms with van der Waals surface area (Å²) in [5.74, 6) is -1.54. The molecule has 94 valence electrons. The third-order valence-corrected chi connectivity index (χ3v) is 2.42. The number of hydrogen-bond acceptors (Lipinski definition) is 3. The lowest BCUT2D eigenvalue weighted by molar-refractivity contribution is -0.138. The van der Waals surface area contributed by atoms with Crippen LogP contribution in [0.3, 0.4) is 0 Å². The summed E-state index contributed by atoms with van der Waals surface area (Å²) in [5, 5.41) is 20.3. The van der Waals surface area contributed by atoms with Gasteiger partial charge in [-0.25, -0.2) is 0 Å². The lowest BCUT2D eigenvalue weighted by Crippen LogP contribution is -2.27. The first-order valence-corrected chi connectivity index (χ1v) is 5.57. The Balaban J connectivity index is 2.66. The van der Waals surface area contributed by atoms with E-state index in [1.54, 1.807) is 24.3 Å². The van der Waals surface area contributed by atoms with Crippen molar-refractivity contribution in [1.82, 2.24) is 5.32 Å². The van der Waals surface area contributed by atoms with Crippen LogP contribution in [0.4, 0.5) is 0 Å². The minimum absolute atomic E-state index is 0.159. The highest BCUT2D eigenvalue weighted by molar-refractivity contribution is 6.30. The SMILES string of the molecule is N#CC(NC(=O)CCC(=O)O)c1cccc(Cl)c1. The molecule has 18 heavy (non-hydrogen) atoms. The molecule has 0 saturated heterocycles. The van der Waals surface area contributed by atoms with Gasteiger partial charge in [0, 0.05) is 11.4 Å². The number of carboxylic acid groups (broad SMARTS) is 1. The molecule has 1 rings (SSSR count). The predicted octanol–water partition coefficient (Wildman–Crippen LogP) is 1.89. The van der Waals surface area contributed by atoms with Gasteiger partial charge in [0.05, 0.1) is 12.5 Å². The number of nitrogens with zero attached hydrogens (tertiary/aromatic N) is 1. The number of rotatable bonds is 5. The number of carbonyl (C=O) groups excluding carboxylic acids is 1. The Morgan fingerprint density at radius 3 is 2.72 bits per heavy atom. The van der Waals surface area contributed by atoms with E-state index in [1.807, 2.05) is 6.07 Å². The Labute approximate surface area is 109 Å². The maximum absolute atomic E-state index is 11.4. The quantitative estimate of drug-likeness (QED) is 0.851. The van der Waals surface area contributed by atoms with Gasteiger partial charge in [-0.2, -0.15) is 5.26 Å². The molecule has 0 spiro atoms. The minimum Gasteiger partial charge on any atom is -0.481 e. The zero-order valence-corrected chi connectivity index (χ0v) is 10.1. The van der Waals surface area contributed by atoms with Crippen LogP contribution in [0.2, 0.25) is 5.02 Å². The molecule has 1 atom stereocenters.